The van der Waals surface area contributed by atoms with Gasteiger partial charge in [-0.3, -0.25) is 0 Å². The van der Waals surface area contributed by atoms with Gasteiger partial charge in [-0.2, -0.15) is 0 Å². The number of ether oxygens (including phenoxy) is 11. The van der Waals surface area contributed by atoms with E-state index in [0.29, 0.717) is 11.8 Å². The molecule has 2 aliphatic heterocycles. The van der Waals surface area contributed by atoms with Crippen molar-refractivity contribution in [1.82, 2.24) is 0 Å². The zero-order valence-electron chi connectivity index (χ0n) is 44.2. The summed E-state index contributed by atoms with van der Waals surface area (Å²) in [5.41, 5.74) is 0.511. The fourth-order valence-electron chi connectivity index (χ4n) is 8.96. The van der Waals surface area contributed by atoms with Gasteiger partial charge in [0, 0.05) is 5.33 Å². The third-order valence-corrected chi connectivity index (χ3v) is 13.6. The van der Waals surface area contributed by atoms with E-state index < -0.39 is 116 Å². The number of carbonyl (C=O) groups is 7. The molecule has 0 saturated carbocycles. The molecule has 7 aromatic carbocycles. The SMILES string of the molecule is O=C(OC[C@H]1O[C@@H](O[C@H]2[C@H](OC(=O)c3ccccc3)[C@@H](OC(=O)c3ccccc3)[C@H](OCCCBr)O[C@@H]2COC(=O)c2ccccc2)[C@H](OC(=O)c2ccccc2)[C@@H](OC(=O)c2ccccc2)[C@H]1OC(=O)c1ccccc1)c1ccccc1. The number of carbonyl (C=O) groups excluding carboxylic acids is 7. The van der Waals surface area contributed by atoms with E-state index >= 15 is 0 Å². The quantitative estimate of drug-likeness (QED) is 0.0267. The molecule has 9 rings (SSSR count). The molecular weight excluding hydrogens is 1140 g/mol. The van der Waals surface area contributed by atoms with Gasteiger partial charge in [-0.1, -0.05) is 143 Å². The summed E-state index contributed by atoms with van der Waals surface area (Å²) in [6.07, 6.45) is -17.4. The minimum Gasteiger partial charge on any atom is -0.459 e. The van der Waals surface area contributed by atoms with Gasteiger partial charge in [0.25, 0.3) is 0 Å². The van der Waals surface area contributed by atoms with Gasteiger partial charge in [-0.05, 0) is 91.3 Å². The third-order valence-electron chi connectivity index (χ3n) is 13.1. The lowest BCUT2D eigenvalue weighted by Gasteiger charge is -2.48. The maximum atomic E-state index is 14.6. The molecule has 0 aromatic heterocycles. The lowest BCUT2D eigenvalue weighted by atomic mass is 9.95. The van der Waals surface area contributed by atoms with Crippen LogP contribution in [0, 0.1) is 0 Å². The Morgan fingerprint density at radius 3 is 0.928 bits per heavy atom. The van der Waals surface area contributed by atoms with Crippen molar-refractivity contribution in [3.8, 4) is 0 Å². The van der Waals surface area contributed by atoms with Crippen molar-refractivity contribution in [3.63, 3.8) is 0 Å². The molecule has 0 spiro atoms. The average Bonchev–Trinajstić information content (AvgIpc) is 3.62. The van der Waals surface area contributed by atoms with Crippen molar-refractivity contribution in [2.24, 2.45) is 0 Å². The molecule has 10 atom stereocenters. The van der Waals surface area contributed by atoms with E-state index in [1.165, 1.54) is 84.9 Å². The number of esters is 7. The largest absolute Gasteiger partial charge is 0.459 e. The van der Waals surface area contributed by atoms with Crippen LogP contribution in [-0.4, -0.2) is 128 Å². The Labute approximate surface area is 485 Å². The van der Waals surface area contributed by atoms with E-state index in [0.717, 1.165) is 0 Å². The normalized spacial score (nSPS) is 21.9. The summed E-state index contributed by atoms with van der Waals surface area (Å²) in [5.74, 6) is -6.44. The molecule has 0 radical (unpaired) electrons. The summed E-state index contributed by atoms with van der Waals surface area (Å²) in [4.78, 5) is 100.0. The van der Waals surface area contributed by atoms with Crippen LogP contribution in [-0.2, 0) is 52.1 Å². The van der Waals surface area contributed by atoms with Crippen molar-refractivity contribution in [2.75, 3.05) is 25.2 Å². The van der Waals surface area contributed by atoms with Crippen molar-refractivity contribution in [2.45, 2.75) is 67.8 Å². The van der Waals surface area contributed by atoms with Crippen LogP contribution in [0.25, 0.3) is 0 Å². The molecule has 0 N–H and O–H groups in total. The van der Waals surface area contributed by atoms with Crippen LogP contribution < -0.4 is 0 Å². The molecule has 426 valence electrons. The number of alkyl halides is 1. The predicted molar refractivity (Wildman–Crippen MR) is 298 cm³/mol. The molecule has 0 bridgehead atoms. The standard InChI is InChI=1S/C64H55BrO18/c65-37-22-38-73-63-54(81-61(71)46-33-18-6-19-34-46)53(80-60(70)45-31-16-5-17-32-45)51(49(76-63)40-75-57(67)42-25-10-2-11-26-42)83-64-55(82-62(72)47-35-20-7-21-36-47)52(79-59(69)44-29-14-4-15-30-44)50(78-58(68)43-27-12-3-13-28-43)48(77-64)39-74-56(66)41-23-8-1-9-24-41/h1-21,23-36,48-55,63-64H,22,37-40H2/t48-,49-,50+,51-,52+,53+,54-,55-,63-,64+/m1/s1. The van der Waals surface area contributed by atoms with Gasteiger partial charge in [-0.15, -0.1) is 0 Å². The van der Waals surface area contributed by atoms with E-state index in [4.69, 9.17) is 52.1 Å². The van der Waals surface area contributed by atoms with Gasteiger partial charge in [0.1, 0.15) is 31.5 Å². The minimum atomic E-state index is -2.04. The van der Waals surface area contributed by atoms with Crippen molar-refractivity contribution in [3.05, 3.63) is 251 Å². The van der Waals surface area contributed by atoms with Gasteiger partial charge in [0.2, 0.25) is 0 Å². The summed E-state index contributed by atoms with van der Waals surface area (Å²) in [6.45, 7) is -1.40. The third kappa shape index (κ3) is 15.6. The van der Waals surface area contributed by atoms with Crippen LogP contribution >= 0.6 is 15.9 Å². The summed E-state index contributed by atoms with van der Waals surface area (Å²) in [5, 5.41) is 0.478. The molecule has 0 unspecified atom stereocenters. The molecule has 2 saturated heterocycles. The van der Waals surface area contributed by atoms with Crippen LogP contribution in [0.4, 0.5) is 0 Å². The second kappa shape index (κ2) is 29.2. The lowest BCUT2D eigenvalue weighted by Crippen LogP contribution is -2.67. The van der Waals surface area contributed by atoms with Crippen molar-refractivity contribution < 1.29 is 85.7 Å². The van der Waals surface area contributed by atoms with Crippen LogP contribution in [0.5, 0.6) is 0 Å². The molecule has 2 heterocycles. The smallest absolute Gasteiger partial charge is 0.338 e. The van der Waals surface area contributed by atoms with E-state index in [2.05, 4.69) is 15.9 Å². The molecule has 83 heavy (non-hydrogen) atoms. The summed E-state index contributed by atoms with van der Waals surface area (Å²) in [7, 11) is 0. The van der Waals surface area contributed by atoms with Gasteiger partial charge < -0.3 is 52.1 Å². The van der Waals surface area contributed by atoms with Crippen LogP contribution in [0.15, 0.2) is 212 Å². The van der Waals surface area contributed by atoms with E-state index in [-0.39, 0.29) is 45.6 Å². The Kier molecular flexibility index (Phi) is 20.7. The number of benzene rings is 7. The number of hydrogen-bond acceptors (Lipinski definition) is 18. The molecule has 2 aliphatic rings. The highest BCUT2D eigenvalue weighted by atomic mass is 79.9. The van der Waals surface area contributed by atoms with Gasteiger partial charge in [0.05, 0.1) is 45.6 Å². The first kappa shape index (κ1) is 58.8. The predicted octanol–water partition coefficient (Wildman–Crippen LogP) is 9.47. The van der Waals surface area contributed by atoms with E-state index in [1.54, 1.807) is 127 Å². The Hall–Kier alpha value is -8.85. The Bertz CT molecular complexity index is 3250. The maximum absolute atomic E-state index is 14.6. The maximum Gasteiger partial charge on any atom is 0.338 e. The second-order valence-corrected chi connectivity index (χ2v) is 19.5. The Morgan fingerprint density at radius 2 is 0.590 bits per heavy atom. The highest BCUT2D eigenvalue weighted by Crippen LogP contribution is 2.37. The molecular formula is C64H55BrO18. The minimum absolute atomic E-state index is 0.000877. The number of rotatable bonds is 22. The molecule has 0 amide bonds. The topological polar surface area (TPSA) is 221 Å². The van der Waals surface area contributed by atoms with Gasteiger partial charge in [0.15, 0.2) is 43.1 Å². The highest BCUT2D eigenvalue weighted by Gasteiger charge is 2.58. The first-order chi connectivity index (χ1) is 40.5. The molecule has 2 fully saturated rings. The zero-order valence-corrected chi connectivity index (χ0v) is 45.8. The molecule has 18 nitrogen and oxygen atoms in total. The lowest BCUT2D eigenvalue weighted by molar-refractivity contribution is -0.356. The molecule has 0 aliphatic carbocycles. The van der Waals surface area contributed by atoms with Crippen LogP contribution in [0.2, 0.25) is 0 Å². The monoisotopic (exact) mass is 1190 g/mol. The number of hydrogen-bond donors (Lipinski definition) is 0. The van der Waals surface area contributed by atoms with Gasteiger partial charge in [-0.25, -0.2) is 33.6 Å². The fraction of sp³-hybridized carbons (Fsp3) is 0.234. The van der Waals surface area contributed by atoms with Crippen molar-refractivity contribution in [1.29, 1.82) is 0 Å². The van der Waals surface area contributed by atoms with Gasteiger partial charge >= 0.3 is 41.8 Å². The first-order valence-corrected chi connectivity index (χ1v) is 27.5. The van der Waals surface area contributed by atoms with Crippen molar-refractivity contribution >= 4 is 57.7 Å². The fourth-order valence-corrected chi connectivity index (χ4v) is 9.19. The highest BCUT2D eigenvalue weighted by molar-refractivity contribution is 9.09. The Balaban J connectivity index is 1.21. The molecule has 19 heteroatoms. The van der Waals surface area contributed by atoms with E-state index in [1.807, 2.05) is 0 Å². The van der Waals surface area contributed by atoms with E-state index in [9.17, 15) is 33.6 Å². The summed E-state index contributed by atoms with van der Waals surface area (Å²) in [6, 6.07) is 55.1. The summed E-state index contributed by atoms with van der Waals surface area (Å²) >= 11 is 3.42. The van der Waals surface area contributed by atoms with Crippen LogP contribution in [0.1, 0.15) is 78.9 Å². The Morgan fingerprint density at radius 1 is 0.325 bits per heavy atom. The number of halogens is 1. The van der Waals surface area contributed by atoms with Crippen LogP contribution in [0.3, 0.4) is 0 Å². The average molecular weight is 1190 g/mol. The zero-order chi connectivity index (χ0) is 57.9. The summed E-state index contributed by atoms with van der Waals surface area (Å²) < 4.78 is 70.2. The second-order valence-electron chi connectivity index (χ2n) is 18.7. The molecule has 7 aromatic rings. The first-order valence-electron chi connectivity index (χ1n) is 26.4.